The van der Waals surface area contributed by atoms with Gasteiger partial charge in [0.25, 0.3) is 0 Å². The maximum Gasteiger partial charge on any atom is 0.106 e. The van der Waals surface area contributed by atoms with Crippen LogP contribution in [0, 0.1) is 6.92 Å². The molecule has 0 bridgehead atoms. The quantitative estimate of drug-likeness (QED) is 0.677. The molecule has 0 aliphatic carbocycles. The van der Waals surface area contributed by atoms with Crippen LogP contribution in [0.15, 0.2) is 16.1 Å². The highest BCUT2D eigenvalue weighted by Crippen LogP contribution is 2.25. The molecule has 2 aromatic rings. The van der Waals surface area contributed by atoms with E-state index in [4.69, 9.17) is 0 Å². The lowest BCUT2D eigenvalue weighted by atomic mass is 10.2. The minimum Gasteiger partial charge on any atom is -0.151 e. The first kappa shape index (κ1) is 6.94. The van der Waals surface area contributed by atoms with Crippen molar-refractivity contribution in [1.82, 2.24) is 9.59 Å². The summed E-state index contributed by atoms with van der Waals surface area (Å²) >= 11 is 3.09. The lowest BCUT2D eigenvalue weighted by molar-refractivity contribution is 1.16. The second kappa shape index (κ2) is 2.71. The third-order valence-corrected chi connectivity index (χ3v) is 2.86. The van der Waals surface area contributed by atoms with Crippen LogP contribution in [0.1, 0.15) is 5.56 Å². The Morgan fingerprint density at radius 2 is 2.18 bits per heavy atom. The molecule has 2 heterocycles. The van der Waals surface area contributed by atoms with Gasteiger partial charge < -0.3 is 0 Å². The van der Waals surface area contributed by atoms with Gasteiger partial charge in [0.1, 0.15) is 5.69 Å². The fraction of sp³-hybridized carbons (Fsp3) is 0.143. The summed E-state index contributed by atoms with van der Waals surface area (Å²) in [5, 5.41) is 10.2. The van der Waals surface area contributed by atoms with E-state index in [-0.39, 0.29) is 0 Å². The van der Waals surface area contributed by atoms with Gasteiger partial charge in [0.15, 0.2) is 0 Å². The van der Waals surface area contributed by atoms with E-state index in [1.807, 2.05) is 5.38 Å². The van der Waals surface area contributed by atoms with Crippen LogP contribution in [-0.2, 0) is 0 Å². The Hall–Kier alpha value is -0.740. The Kier molecular flexibility index (Phi) is 1.71. The number of aryl methyl sites for hydroxylation is 1. The summed E-state index contributed by atoms with van der Waals surface area (Å²) in [5.74, 6) is 0. The average molecular weight is 182 g/mol. The maximum atomic E-state index is 3.99. The van der Waals surface area contributed by atoms with Crippen molar-refractivity contribution in [3.63, 3.8) is 0 Å². The Bertz CT molecular complexity index is 337. The van der Waals surface area contributed by atoms with Crippen LogP contribution in [0.5, 0.6) is 0 Å². The molecule has 0 fully saturated rings. The summed E-state index contributed by atoms with van der Waals surface area (Å²) in [5.41, 5.74) is 3.49. The zero-order chi connectivity index (χ0) is 7.68. The highest BCUT2D eigenvalue weighted by molar-refractivity contribution is 7.08. The lowest BCUT2D eigenvalue weighted by Crippen LogP contribution is -1.76. The number of hydrogen-bond donors (Lipinski definition) is 0. The molecule has 0 amide bonds. The average Bonchev–Trinajstić information content (AvgIpc) is 2.55. The highest BCUT2D eigenvalue weighted by Gasteiger charge is 2.03. The molecule has 2 rings (SSSR count). The third-order valence-electron chi connectivity index (χ3n) is 1.49. The van der Waals surface area contributed by atoms with Gasteiger partial charge in [0, 0.05) is 16.3 Å². The van der Waals surface area contributed by atoms with Gasteiger partial charge in [-0.25, -0.2) is 0 Å². The normalized spacial score (nSPS) is 10.3. The number of nitrogens with zero attached hydrogens (tertiary/aromatic N) is 2. The molecule has 0 saturated carbocycles. The molecule has 11 heavy (non-hydrogen) atoms. The van der Waals surface area contributed by atoms with Gasteiger partial charge in [-0.05, 0) is 29.4 Å². The fourth-order valence-electron chi connectivity index (χ4n) is 0.905. The van der Waals surface area contributed by atoms with Crippen molar-refractivity contribution in [3.05, 3.63) is 21.7 Å². The monoisotopic (exact) mass is 182 g/mol. The van der Waals surface area contributed by atoms with Crippen molar-refractivity contribution >= 4 is 22.9 Å². The first-order chi connectivity index (χ1) is 5.38. The standard InChI is InChI=1S/C7H6N2S2/c1-5-2-10-3-6(5)7-4-11-9-8-7/h2-4H,1H3. The van der Waals surface area contributed by atoms with Gasteiger partial charge in [0.05, 0.1) is 0 Å². The van der Waals surface area contributed by atoms with Crippen LogP contribution >= 0.6 is 22.9 Å². The molecule has 0 saturated heterocycles. The van der Waals surface area contributed by atoms with E-state index < -0.39 is 0 Å². The van der Waals surface area contributed by atoms with E-state index in [1.165, 1.54) is 22.7 Å². The maximum absolute atomic E-state index is 3.99. The van der Waals surface area contributed by atoms with Gasteiger partial charge >= 0.3 is 0 Å². The molecule has 0 atom stereocenters. The molecule has 0 N–H and O–H groups in total. The third kappa shape index (κ3) is 1.19. The molecule has 0 aromatic carbocycles. The van der Waals surface area contributed by atoms with E-state index in [2.05, 4.69) is 27.3 Å². The molecule has 0 radical (unpaired) electrons. The van der Waals surface area contributed by atoms with Gasteiger partial charge in [0.2, 0.25) is 0 Å². The molecular weight excluding hydrogens is 176 g/mol. The molecular formula is C7H6N2S2. The summed E-state index contributed by atoms with van der Waals surface area (Å²) in [7, 11) is 0. The van der Waals surface area contributed by atoms with Crippen LogP contribution in [0.25, 0.3) is 11.3 Å². The smallest absolute Gasteiger partial charge is 0.106 e. The first-order valence-electron chi connectivity index (χ1n) is 3.18. The summed E-state index contributed by atoms with van der Waals surface area (Å²) < 4.78 is 3.82. The number of hydrogen-bond acceptors (Lipinski definition) is 4. The van der Waals surface area contributed by atoms with E-state index >= 15 is 0 Å². The summed E-state index contributed by atoms with van der Waals surface area (Å²) in [6.45, 7) is 2.09. The minimum absolute atomic E-state index is 0.994. The van der Waals surface area contributed by atoms with Crippen molar-refractivity contribution < 1.29 is 0 Å². The number of rotatable bonds is 1. The van der Waals surface area contributed by atoms with E-state index in [1.54, 1.807) is 11.3 Å². The molecule has 2 aromatic heterocycles. The van der Waals surface area contributed by atoms with Gasteiger partial charge in [-0.15, -0.1) is 5.10 Å². The molecule has 2 nitrogen and oxygen atoms in total. The topological polar surface area (TPSA) is 25.8 Å². The molecule has 0 spiro atoms. The summed E-state index contributed by atoms with van der Waals surface area (Å²) in [6, 6.07) is 0. The molecule has 0 aliphatic heterocycles. The van der Waals surface area contributed by atoms with E-state index in [0.29, 0.717) is 0 Å². The Morgan fingerprint density at radius 1 is 1.27 bits per heavy atom. The predicted molar refractivity (Wildman–Crippen MR) is 48.0 cm³/mol. The second-order valence-electron chi connectivity index (χ2n) is 2.26. The molecule has 0 aliphatic rings. The SMILES string of the molecule is Cc1cscc1-c1csnn1. The summed E-state index contributed by atoms with van der Waals surface area (Å²) in [4.78, 5) is 0. The van der Waals surface area contributed by atoms with E-state index in [9.17, 15) is 0 Å². The Morgan fingerprint density at radius 3 is 2.73 bits per heavy atom. The van der Waals surface area contributed by atoms with Gasteiger partial charge in [-0.2, -0.15) is 11.3 Å². The largest absolute Gasteiger partial charge is 0.151 e. The minimum atomic E-state index is 0.994. The predicted octanol–water partition coefficient (Wildman–Crippen LogP) is 2.58. The van der Waals surface area contributed by atoms with Crippen LogP contribution in [-0.4, -0.2) is 9.59 Å². The molecule has 0 unspecified atom stereocenters. The van der Waals surface area contributed by atoms with Crippen molar-refractivity contribution in [1.29, 1.82) is 0 Å². The number of aromatic nitrogens is 2. The second-order valence-corrected chi connectivity index (χ2v) is 3.61. The van der Waals surface area contributed by atoms with Crippen molar-refractivity contribution in [2.75, 3.05) is 0 Å². The van der Waals surface area contributed by atoms with Crippen molar-refractivity contribution in [3.8, 4) is 11.3 Å². The van der Waals surface area contributed by atoms with E-state index in [0.717, 1.165) is 5.69 Å². The first-order valence-corrected chi connectivity index (χ1v) is 4.96. The van der Waals surface area contributed by atoms with Crippen LogP contribution in [0.3, 0.4) is 0 Å². The Labute approximate surface area is 72.7 Å². The van der Waals surface area contributed by atoms with Gasteiger partial charge in [-0.1, -0.05) is 4.49 Å². The van der Waals surface area contributed by atoms with Gasteiger partial charge in [-0.3, -0.25) is 0 Å². The fourth-order valence-corrected chi connectivity index (χ4v) is 2.20. The zero-order valence-corrected chi connectivity index (χ0v) is 7.58. The lowest BCUT2D eigenvalue weighted by Gasteiger charge is -1.89. The summed E-state index contributed by atoms with van der Waals surface area (Å²) in [6.07, 6.45) is 0. The van der Waals surface area contributed by atoms with Crippen LogP contribution < -0.4 is 0 Å². The zero-order valence-electron chi connectivity index (χ0n) is 5.94. The highest BCUT2D eigenvalue weighted by atomic mass is 32.1. The van der Waals surface area contributed by atoms with Crippen molar-refractivity contribution in [2.24, 2.45) is 0 Å². The van der Waals surface area contributed by atoms with Crippen LogP contribution in [0.4, 0.5) is 0 Å². The molecule has 56 valence electrons. The number of thiophene rings is 1. The molecule has 4 heteroatoms. The van der Waals surface area contributed by atoms with Crippen molar-refractivity contribution in [2.45, 2.75) is 6.92 Å². The Balaban J connectivity index is 2.53. The van der Waals surface area contributed by atoms with Crippen LogP contribution in [0.2, 0.25) is 0 Å².